The van der Waals surface area contributed by atoms with Gasteiger partial charge in [-0.1, -0.05) is 47.0 Å². The number of carbonyl (C=O) groups is 2. The van der Waals surface area contributed by atoms with E-state index in [1.807, 2.05) is 26.0 Å². The Bertz CT molecular complexity index is 836. The maximum Gasteiger partial charge on any atom is 0.256 e. The van der Waals surface area contributed by atoms with Crippen LogP contribution >= 0.6 is 23.2 Å². The average Bonchev–Trinajstić information content (AvgIpc) is 2.79. The Labute approximate surface area is 150 Å². The van der Waals surface area contributed by atoms with Crippen molar-refractivity contribution in [1.29, 1.82) is 0 Å². The third-order valence-electron chi connectivity index (χ3n) is 4.02. The third kappa shape index (κ3) is 2.99. The summed E-state index contributed by atoms with van der Waals surface area (Å²) in [5, 5.41) is 3.76. The molecule has 24 heavy (non-hydrogen) atoms. The number of carbonyl (C=O) groups excluding carboxylic acids is 2. The van der Waals surface area contributed by atoms with E-state index in [1.54, 1.807) is 24.3 Å². The zero-order chi connectivity index (χ0) is 17.4. The summed E-state index contributed by atoms with van der Waals surface area (Å²) in [4.78, 5) is 26.3. The first-order valence-corrected chi connectivity index (χ1v) is 8.28. The van der Waals surface area contributed by atoms with Crippen molar-refractivity contribution in [3.05, 3.63) is 57.6 Å². The first-order chi connectivity index (χ1) is 11.4. The van der Waals surface area contributed by atoms with Gasteiger partial charge in [0.1, 0.15) is 6.04 Å². The molecule has 4 nitrogen and oxygen atoms in total. The van der Waals surface area contributed by atoms with Crippen LogP contribution in [-0.2, 0) is 9.59 Å². The van der Waals surface area contributed by atoms with Crippen molar-refractivity contribution in [3.63, 3.8) is 0 Å². The second-order valence-electron chi connectivity index (χ2n) is 5.86. The van der Waals surface area contributed by atoms with Crippen LogP contribution in [-0.4, -0.2) is 17.9 Å². The lowest BCUT2D eigenvalue weighted by molar-refractivity contribution is -0.121. The molecular weight excluding hydrogens is 347 g/mol. The van der Waals surface area contributed by atoms with Gasteiger partial charge in [0, 0.05) is 0 Å². The zero-order valence-electron chi connectivity index (χ0n) is 13.3. The van der Waals surface area contributed by atoms with E-state index < -0.39 is 6.04 Å². The minimum Gasteiger partial charge on any atom is -0.372 e. The van der Waals surface area contributed by atoms with Gasteiger partial charge < -0.3 is 5.32 Å². The van der Waals surface area contributed by atoms with Gasteiger partial charge in [0.2, 0.25) is 5.91 Å². The lowest BCUT2D eigenvalue weighted by Gasteiger charge is -2.19. The smallest absolute Gasteiger partial charge is 0.256 e. The van der Waals surface area contributed by atoms with Gasteiger partial charge in [0.15, 0.2) is 0 Å². The monoisotopic (exact) mass is 362 g/mol. The van der Waals surface area contributed by atoms with Gasteiger partial charge in [-0.2, -0.15) is 0 Å². The Hall–Kier alpha value is -2.04. The van der Waals surface area contributed by atoms with Crippen LogP contribution in [0.3, 0.4) is 0 Å². The van der Waals surface area contributed by atoms with Crippen molar-refractivity contribution >= 4 is 46.4 Å². The standard InChI is InChI=1S/C18H16Cl2N2O2/c1-10-6-7-15(11(2)8-10)22-16(23)9-14(18(22)24)21-13-5-3-4-12(19)17(13)20/h3-8,14,21H,9H2,1-2H3/t14-/m1/s1. The molecule has 1 saturated heterocycles. The minimum absolute atomic E-state index is 0.0784. The van der Waals surface area contributed by atoms with Crippen molar-refractivity contribution in [2.24, 2.45) is 0 Å². The number of anilines is 2. The molecule has 1 N–H and O–H groups in total. The number of rotatable bonds is 3. The number of aryl methyl sites for hydroxylation is 2. The molecule has 0 spiro atoms. The number of nitrogens with zero attached hydrogens (tertiary/aromatic N) is 1. The number of amides is 2. The van der Waals surface area contributed by atoms with E-state index in [4.69, 9.17) is 23.2 Å². The van der Waals surface area contributed by atoms with Gasteiger partial charge in [-0.15, -0.1) is 0 Å². The molecule has 3 rings (SSSR count). The molecule has 6 heteroatoms. The Morgan fingerprint density at radius 2 is 1.88 bits per heavy atom. The second-order valence-corrected chi connectivity index (χ2v) is 6.64. The van der Waals surface area contributed by atoms with Crippen LogP contribution in [0.15, 0.2) is 36.4 Å². The summed E-state index contributed by atoms with van der Waals surface area (Å²) < 4.78 is 0. The minimum atomic E-state index is -0.658. The lowest BCUT2D eigenvalue weighted by atomic mass is 10.1. The van der Waals surface area contributed by atoms with Gasteiger partial charge in [0.05, 0.1) is 27.8 Å². The van der Waals surface area contributed by atoms with Crippen LogP contribution in [0.4, 0.5) is 11.4 Å². The molecule has 0 saturated carbocycles. The molecule has 124 valence electrons. The molecule has 1 atom stereocenters. The number of hydrogen-bond donors (Lipinski definition) is 1. The van der Waals surface area contributed by atoms with E-state index in [-0.39, 0.29) is 18.2 Å². The number of hydrogen-bond acceptors (Lipinski definition) is 3. The van der Waals surface area contributed by atoms with Gasteiger partial charge >= 0.3 is 0 Å². The Morgan fingerprint density at radius 3 is 2.58 bits per heavy atom. The van der Waals surface area contributed by atoms with Crippen LogP contribution in [0.2, 0.25) is 10.0 Å². The summed E-state index contributed by atoms with van der Waals surface area (Å²) in [6, 6.07) is 10.1. The van der Waals surface area contributed by atoms with E-state index in [9.17, 15) is 9.59 Å². The maximum absolute atomic E-state index is 12.7. The van der Waals surface area contributed by atoms with Crippen LogP contribution in [0.1, 0.15) is 17.5 Å². The number of nitrogens with one attached hydrogen (secondary N) is 1. The molecule has 0 unspecified atom stereocenters. The largest absolute Gasteiger partial charge is 0.372 e. The van der Waals surface area contributed by atoms with Crippen molar-refractivity contribution < 1.29 is 9.59 Å². The maximum atomic E-state index is 12.7. The fraction of sp³-hybridized carbons (Fsp3) is 0.222. The fourth-order valence-corrected chi connectivity index (χ4v) is 3.21. The van der Waals surface area contributed by atoms with E-state index in [2.05, 4.69) is 5.32 Å². The second kappa shape index (κ2) is 6.46. The lowest BCUT2D eigenvalue weighted by Crippen LogP contribution is -2.35. The van der Waals surface area contributed by atoms with E-state index in [0.29, 0.717) is 21.4 Å². The molecule has 0 aliphatic carbocycles. The predicted octanol–water partition coefficient (Wildman–Crippen LogP) is 4.35. The molecule has 2 aromatic carbocycles. The Morgan fingerprint density at radius 1 is 1.12 bits per heavy atom. The molecule has 0 bridgehead atoms. The highest BCUT2D eigenvalue weighted by molar-refractivity contribution is 6.43. The Kier molecular flexibility index (Phi) is 4.52. The van der Waals surface area contributed by atoms with Gasteiger partial charge in [-0.3, -0.25) is 9.59 Å². The zero-order valence-corrected chi connectivity index (χ0v) is 14.8. The number of imide groups is 1. The highest BCUT2D eigenvalue weighted by atomic mass is 35.5. The topological polar surface area (TPSA) is 49.4 Å². The summed E-state index contributed by atoms with van der Waals surface area (Å²) in [7, 11) is 0. The molecular formula is C18H16Cl2N2O2. The van der Waals surface area contributed by atoms with Gasteiger partial charge in [-0.05, 0) is 37.6 Å². The molecule has 1 fully saturated rings. The summed E-state index contributed by atoms with van der Waals surface area (Å²) >= 11 is 12.1. The third-order valence-corrected chi connectivity index (χ3v) is 4.84. The summed E-state index contributed by atoms with van der Waals surface area (Å²) in [5.74, 6) is -0.523. The van der Waals surface area contributed by atoms with Crippen LogP contribution in [0, 0.1) is 13.8 Å². The van der Waals surface area contributed by atoms with Gasteiger partial charge in [-0.25, -0.2) is 4.90 Å². The summed E-state index contributed by atoms with van der Waals surface area (Å²) in [6.45, 7) is 3.85. The number of benzene rings is 2. The first-order valence-electron chi connectivity index (χ1n) is 7.53. The van der Waals surface area contributed by atoms with Gasteiger partial charge in [0.25, 0.3) is 5.91 Å². The SMILES string of the molecule is Cc1ccc(N2C(=O)C[C@@H](Nc3cccc(Cl)c3Cl)C2=O)c(C)c1. The molecule has 2 amide bonds. The van der Waals surface area contributed by atoms with E-state index in [1.165, 1.54) is 4.90 Å². The van der Waals surface area contributed by atoms with Crippen molar-refractivity contribution in [3.8, 4) is 0 Å². The van der Waals surface area contributed by atoms with Crippen molar-refractivity contribution in [2.45, 2.75) is 26.3 Å². The first kappa shape index (κ1) is 16.8. The van der Waals surface area contributed by atoms with Crippen LogP contribution < -0.4 is 10.2 Å². The predicted molar refractivity (Wildman–Crippen MR) is 96.9 cm³/mol. The van der Waals surface area contributed by atoms with Crippen molar-refractivity contribution in [1.82, 2.24) is 0 Å². The molecule has 0 aromatic heterocycles. The number of halogens is 2. The Balaban J connectivity index is 1.88. The normalized spacial score (nSPS) is 17.5. The average molecular weight is 363 g/mol. The highest BCUT2D eigenvalue weighted by Gasteiger charge is 2.40. The quantitative estimate of drug-likeness (QED) is 0.825. The van der Waals surface area contributed by atoms with E-state index >= 15 is 0 Å². The molecule has 2 aromatic rings. The summed E-state index contributed by atoms with van der Waals surface area (Å²) in [5.41, 5.74) is 3.13. The fourth-order valence-electron chi connectivity index (χ4n) is 2.86. The summed E-state index contributed by atoms with van der Waals surface area (Å²) in [6.07, 6.45) is 0.0784. The molecule has 0 radical (unpaired) electrons. The van der Waals surface area contributed by atoms with Crippen LogP contribution in [0.25, 0.3) is 0 Å². The highest BCUT2D eigenvalue weighted by Crippen LogP contribution is 2.33. The van der Waals surface area contributed by atoms with Crippen molar-refractivity contribution in [2.75, 3.05) is 10.2 Å². The molecule has 1 heterocycles. The molecule has 1 aliphatic heterocycles. The van der Waals surface area contributed by atoms with Crippen LogP contribution in [0.5, 0.6) is 0 Å². The molecule has 1 aliphatic rings. The van der Waals surface area contributed by atoms with E-state index in [0.717, 1.165) is 11.1 Å².